The Kier molecular flexibility index (Phi) is 6.35. The molecule has 7 nitrogen and oxygen atoms in total. The SMILES string of the molecule is CCN(C(=O)c1cccc(F)c1-n1nccn1)[C@@H](C)COc1ccc(Br)cn1. The van der Waals surface area contributed by atoms with Gasteiger partial charge in [-0.2, -0.15) is 10.2 Å². The first kappa shape index (κ1) is 19.9. The fourth-order valence-corrected chi connectivity index (χ4v) is 3.01. The zero-order valence-corrected chi connectivity index (χ0v) is 17.0. The molecule has 0 aliphatic heterocycles. The highest BCUT2D eigenvalue weighted by Gasteiger charge is 2.25. The summed E-state index contributed by atoms with van der Waals surface area (Å²) in [5.41, 5.74) is 0.213. The lowest BCUT2D eigenvalue weighted by molar-refractivity contribution is 0.0645. The number of hydrogen-bond acceptors (Lipinski definition) is 5. The average Bonchev–Trinajstić information content (AvgIpc) is 3.22. The van der Waals surface area contributed by atoms with E-state index in [1.165, 1.54) is 24.5 Å². The summed E-state index contributed by atoms with van der Waals surface area (Å²) in [6.45, 7) is 4.40. The van der Waals surface area contributed by atoms with Gasteiger partial charge in [0, 0.05) is 23.3 Å². The zero-order chi connectivity index (χ0) is 20.1. The van der Waals surface area contributed by atoms with E-state index in [9.17, 15) is 9.18 Å². The maximum atomic E-state index is 14.4. The van der Waals surface area contributed by atoms with Crippen molar-refractivity contribution in [1.29, 1.82) is 0 Å². The van der Waals surface area contributed by atoms with Crippen LogP contribution in [-0.4, -0.2) is 50.0 Å². The number of benzene rings is 1. The number of para-hydroxylation sites is 1. The van der Waals surface area contributed by atoms with Crippen molar-refractivity contribution in [3.05, 3.63) is 64.8 Å². The third kappa shape index (κ3) is 4.36. The number of hydrogen-bond donors (Lipinski definition) is 0. The molecule has 0 unspecified atom stereocenters. The van der Waals surface area contributed by atoms with Gasteiger partial charge in [0.1, 0.15) is 12.3 Å². The molecule has 1 amide bonds. The molecule has 3 rings (SSSR count). The Hall–Kier alpha value is -2.81. The molecule has 1 atom stereocenters. The minimum atomic E-state index is -0.568. The third-order valence-electron chi connectivity index (χ3n) is 4.14. The van der Waals surface area contributed by atoms with E-state index in [1.54, 1.807) is 23.2 Å². The number of likely N-dealkylation sites (N-methyl/N-ethyl adjacent to an activating group) is 1. The van der Waals surface area contributed by atoms with E-state index < -0.39 is 5.82 Å². The highest BCUT2D eigenvalue weighted by Crippen LogP contribution is 2.20. The first-order valence-corrected chi connectivity index (χ1v) is 9.51. The first-order valence-electron chi connectivity index (χ1n) is 8.71. The quantitative estimate of drug-likeness (QED) is 0.554. The van der Waals surface area contributed by atoms with Crippen molar-refractivity contribution in [3.8, 4) is 11.6 Å². The van der Waals surface area contributed by atoms with Gasteiger partial charge in [0.15, 0.2) is 5.82 Å². The van der Waals surface area contributed by atoms with Crippen LogP contribution in [0.3, 0.4) is 0 Å². The number of rotatable bonds is 7. The Morgan fingerprint density at radius 3 is 2.68 bits per heavy atom. The Bertz CT molecular complexity index is 934. The van der Waals surface area contributed by atoms with Crippen LogP contribution in [0.15, 0.2) is 53.4 Å². The summed E-state index contributed by atoms with van der Waals surface area (Å²) in [7, 11) is 0. The van der Waals surface area contributed by atoms with E-state index >= 15 is 0 Å². The van der Waals surface area contributed by atoms with Crippen LogP contribution in [0.5, 0.6) is 5.88 Å². The van der Waals surface area contributed by atoms with Gasteiger partial charge < -0.3 is 9.64 Å². The van der Waals surface area contributed by atoms with Gasteiger partial charge in [0.25, 0.3) is 5.91 Å². The molecule has 9 heteroatoms. The summed E-state index contributed by atoms with van der Waals surface area (Å²) < 4.78 is 21.0. The molecule has 0 radical (unpaired) electrons. The van der Waals surface area contributed by atoms with Gasteiger partial charge in [-0.05, 0) is 48.0 Å². The van der Waals surface area contributed by atoms with Gasteiger partial charge in [-0.15, -0.1) is 4.80 Å². The van der Waals surface area contributed by atoms with Crippen molar-refractivity contribution >= 4 is 21.8 Å². The first-order chi connectivity index (χ1) is 13.5. The third-order valence-corrected chi connectivity index (χ3v) is 4.61. The molecule has 0 bridgehead atoms. The van der Waals surface area contributed by atoms with Gasteiger partial charge in [-0.3, -0.25) is 4.79 Å². The van der Waals surface area contributed by atoms with Crippen molar-refractivity contribution in [2.75, 3.05) is 13.2 Å². The molecule has 28 heavy (non-hydrogen) atoms. The summed E-state index contributed by atoms with van der Waals surface area (Å²) >= 11 is 3.32. The van der Waals surface area contributed by atoms with Crippen molar-refractivity contribution in [1.82, 2.24) is 24.9 Å². The van der Waals surface area contributed by atoms with E-state index in [1.807, 2.05) is 19.9 Å². The fourth-order valence-electron chi connectivity index (χ4n) is 2.78. The predicted molar refractivity (Wildman–Crippen MR) is 105 cm³/mol. The molecule has 0 aliphatic carbocycles. The van der Waals surface area contributed by atoms with Crippen LogP contribution < -0.4 is 4.74 Å². The second kappa shape index (κ2) is 8.92. The lowest BCUT2D eigenvalue weighted by Crippen LogP contribution is -2.42. The molecule has 2 heterocycles. The second-order valence-corrected chi connectivity index (χ2v) is 6.94. The molecule has 0 saturated carbocycles. The largest absolute Gasteiger partial charge is 0.475 e. The molecule has 3 aromatic rings. The van der Waals surface area contributed by atoms with E-state index in [-0.39, 0.29) is 29.8 Å². The lowest BCUT2D eigenvalue weighted by atomic mass is 10.1. The Morgan fingerprint density at radius 1 is 1.29 bits per heavy atom. The number of halogens is 2. The average molecular weight is 448 g/mol. The van der Waals surface area contributed by atoms with Gasteiger partial charge in [0.05, 0.1) is 24.0 Å². The van der Waals surface area contributed by atoms with Crippen LogP contribution in [0.1, 0.15) is 24.2 Å². The van der Waals surface area contributed by atoms with E-state index in [0.29, 0.717) is 12.4 Å². The van der Waals surface area contributed by atoms with Crippen LogP contribution in [0, 0.1) is 5.82 Å². The van der Waals surface area contributed by atoms with Gasteiger partial charge in [0.2, 0.25) is 5.88 Å². The van der Waals surface area contributed by atoms with Crippen molar-refractivity contribution in [2.24, 2.45) is 0 Å². The number of pyridine rings is 1. The highest BCUT2D eigenvalue weighted by atomic mass is 79.9. The topological polar surface area (TPSA) is 73.1 Å². The Morgan fingerprint density at radius 2 is 2.04 bits per heavy atom. The van der Waals surface area contributed by atoms with Gasteiger partial charge in [-0.1, -0.05) is 6.07 Å². The molecule has 2 aromatic heterocycles. The number of aromatic nitrogens is 4. The summed E-state index contributed by atoms with van der Waals surface area (Å²) in [5, 5.41) is 7.92. The van der Waals surface area contributed by atoms with Crippen LogP contribution >= 0.6 is 15.9 Å². The van der Waals surface area contributed by atoms with Crippen molar-refractivity contribution in [2.45, 2.75) is 19.9 Å². The highest BCUT2D eigenvalue weighted by molar-refractivity contribution is 9.10. The smallest absolute Gasteiger partial charge is 0.256 e. The molecule has 0 fully saturated rings. The fraction of sp³-hybridized carbons (Fsp3) is 0.263. The van der Waals surface area contributed by atoms with Crippen LogP contribution in [0.4, 0.5) is 4.39 Å². The zero-order valence-electron chi connectivity index (χ0n) is 15.4. The number of amides is 1. The number of ether oxygens (including phenoxy) is 1. The van der Waals surface area contributed by atoms with Crippen LogP contribution in [0.25, 0.3) is 5.69 Å². The standard InChI is InChI=1S/C19H19BrFN5O2/c1-3-25(13(2)12-28-17-8-7-14(20)11-22-17)19(27)15-5-4-6-16(21)18(15)26-23-9-10-24-26/h4-11,13H,3,12H2,1-2H3/t13-/m0/s1. The summed E-state index contributed by atoms with van der Waals surface area (Å²) in [4.78, 5) is 20.0. The predicted octanol–water partition coefficient (Wildman–Crippen LogP) is 3.49. The van der Waals surface area contributed by atoms with Gasteiger partial charge in [-0.25, -0.2) is 9.37 Å². The summed E-state index contributed by atoms with van der Waals surface area (Å²) in [6, 6.07) is 7.64. The molecule has 1 aromatic carbocycles. The molecule has 0 N–H and O–H groups in total. The second-order valence-electron chi connectivity index (χ2n) is 6.02. The summed E-state index contributed by atoms with van der Waals surface area (Å²) in [6.07, 6.45) is 4.50. The van der Waals surface area contributed by atoms with E-state index in [4.69, 9.17) is 4.74 Å². The minimum Gasteiger partial charge on any atom is -0.475 e. The monoisotopic (exact) mass is 447 g/mol. The Labute approximate surface area is 170 Å². The molecular formula is C19H19BrFN5O2. The molecule has 146 valence electrons. The number of carbonyl (C=O) groups is 1. The Balaban J connectivity index is 1.80. The van der Waals surface area contributed by atoms with E-state index in [2.05, 4.69) is 31.1 Å². The van der Waals surface area contributed by atoms with Gasteiger partial charge >= 0.3 is 0 Å². The maximum Gasteiger partial charge on any atom is 0.256 e. The summed E-state index contributed by atoms with van der Waals surface area (Å²) in [5.74, 6) is -0.430. The normalized spacial score (nSPS) is 11.9. The number of nitrogens with zero attached hydrogens (tertiary/aromatic N) is 5. The minimum absolute atomic E-state index is 0.0265. The van der Waals surface area contributed by atoms with Crippen LogP contribution in [-0.2, 0) is 0 Å². The van der Waals surface area contributed by atoms with Crippen molar-refractivity contribution < 1.29 is 13.9 Å². The van der Waals surface area contributed by atoms with E-state index in [0.717, 1.165) is 9.27 Å². The maximum absolute atomic E-state index is 14.4. The molecule has 0 saturated heterocycles. The molecule has 0 spiro atoms. The lowest BCUT2D eigenvalue weighted by Gasteiger charge is -2.28. The molecular weight excluding hydrogens is 429 g/mol. The van der Waals surface area contributed by atoms with Crippen LogP contribution in [0.2, 0.25) is 0 Å². The number of carbonyl (C=O) groups excluding carboxylic acids is 1. The molecule has 0 aliphatic rings. The van der Waals surface area contributed by atoms with Crippen molar-refractivity contribution in [3.63, 3.8) is 0 Å².